The van der Waals surface area contributed by atoms with Gasteiger partial charge in [0.2, 0.25) is 17.6 Å². The average molecular weight is 612 g/mol. The number of rotatable bonds is 6. The Morgan fingerprint density at radius 2 is 1.95 bits per heavy atom. The zero-order valence-corrected chi connectivity index (χ0v) is 23.6. The summed E-state index contributed by atoms with van der Waals surface area (Å²) < 4.78 is 68.7. The molecule has 2 bridgehead atoms. The highest BCUT2D eigenvalue weighted by Crippen LogP contribution is 2.51. The van der Waals surface area contributed by atoms with Gasteiger partial charge in [0.05, 0.1) is 21.3 Å². The first-order valence-corrected chi connectivity index (χ1v) is 15.6. The van der Waals surface area contributed by atoms with Crippen molar-refractivity contribution in [1.29, 1.82) is 0 Å². The second kappa shape index (κ2) is 10.7. The first-order chi connectivity index (χ1) is 19.7. The van der Waals surface area contributed by atoms with Crippen LogP contribution in [0, 0.1) is 0 Å². The van der Waals surface area contributed by atoms with Gasteiger partial charge in [-0.15, -0.1) is 11.3 Å². The molecule has 0 radical (unpaired) electrons. The number of piperidine rings is 1. The number of nitrogens with zero attached hydrogens (tertiary/aromatic N) is 3. The van der Waals surface area contributed by atoms with Crippen LogP contribution in [0.2, 0.25) is 0 Å². The Labute approximate surface area is 241 Å². The molecule has 4 fully saturated rings. The van der Waals surface area contributed by atoms with Crippen LogP contribution in [-0.4, -0.2) is 70.0 Å². The first kappa shape index (κ1) is 27.4. The van der Waals surface area contributed by atoms with Crippen LogP contribution in [0.4, 0.5) is 23.2 Å². The van der Waals surface area contributed by atoms with Gasteiger partial charge in [-0.1, -0.05) is 17.3 Å². The molecule has 0 spiro atoms. The molecule has 220 valence electrons. The number of thiophene rings is 1. The fourth-order valence-corrected chi connectivity index (χ4v) is 9.03. The minimum atomic E-state index is -4.54. The van der Waals surface area contributed by atoms with Crippen LogP contribution in [0.5, 0.6) is 0 Å². The number of ether oxygens (including phenoxy) is 1. The zero-order chi connectivity index (χ0) is 28.3. The quantitative estimate of drug-likeness (QED) is 0.257. The summed E-state index contributed by atoms with van der Waals surface area (Å²) in [7, 11) is 0. The number of anilines is 1. The van der Waals surface area contributed by atoms with Crippen LogP contribution in [0.1, 0.15) is 56.9 Å². The van der Waals surface area contributed by atoms with Crippen molar-refractivity contribution >= 4 is 44.8 Å². The maximum atomic E-state index is 16.0. The van der Waals surface area contributed by atoms with Crippen LogP contribution in [0.3, 0.4) is 0 Å². The Bertz CT molecular complexity index is 1440. The van der Waals surface area contributed by atoms with Gasteiger partial charge in [0.15, 0.2) is 0 Å². The summed E-state index contributed by atoms with van der Waals surface area (Å²) in [6.07, 6.45) is 3.92. The summed E-state index contributed by atoms with van der Waals surface area (Å²) in [5.41, 5.74) is -3.95. The number of nitrogens with one attached hydrogen (secondary N) is 2. The highest BCUT2D eigenvalue weighted by Gasteiger charge is 2.50. The van der Waals surface area contributed by atoms with Crippen LogP contribution in [-0.2, 0) is 9.53 Å². The second-order valence-electron chi connectivity index (χ2n) is 11.1. The normalized spacial score (nSPS) is 29.4. The molecule has 14 heteroatoms. The largest absolute Gasteiger partial charge is 0.446 e. The van der Waals surface area contributed by atoms with E-state index >= 15 is 4.39 Å². The van der Waals surface area contributed by atoms with Gasteiger partial charge in [0, 0.05) is 48.0 Å². The second-order valence-corrected chi connectivity index (χ2v) is 13.2. The Kier molecular flexibility index (Phi) is 7.15. The topological polar surface area (TPSA) is 92.5 Å². The number of hydrogen-bond donors (Lipinski definition) is 2. The van der Waals surface area contributed by atoms with Gasteiger partial charge in [-0.25, -0.2) is 4.39 Å². The molecule has 5 atom stereocenters. The lowest BCUT2D eigenvalue weighted by Gasteiger charge is -2.46. The molecule has 6 heterocycles. The molecule has 7 rings (SSSR count). The molecule has 1 aromatic carbocycles. The van der Waals surface area contributed by atoms with Crippen LogP contribution in [0.15, 0.2) is 27.6 Å². The van der Waals surface area contributed by atoms with E-state index in [1.165, 1.54) is 0 Å². The molecule has 3 aromatic rings. The van der Waals surface area contributed by atoms with E-state index in [0.717, 1.165) is 37.0 Å². The van der Waals surface area contributed by atoms with Crippen molar-refractivity contribution in [3.05, 3.63) is 24.1 Å². The van der Waals surface area contributed by atoms with E-state index in [-0.39, 0.29) is 51.2 Å². The van der Waals surface area contributed by atoms with E-state index in [4.69, 9.17) is 9.26 Å². The van der Waals surface area contributed by atoms with E-state index in [0.29, 0.717) is 54.3 Å². The Balaban J connectivity index is 1.19. The van der Waals surface area contributed by atoms with Gasteiger partial charge in [0.25, 0.3) is 0 Å². The van der Waals surface area contributed by atoms with Crippen molar-refractivity contribution in [2.75, 3.05) is 18.5 Å². The van der Waals surface area contributed by atoms with Crippen molar-refractivity contribution in [3.63, 3.8) is 0 Å². The Morgan fingerprint density at radius 3 is 2.71 bits per heavy atom. The van der Waals surface area contributed by atoms with Crippen molar-refractivity contribution in [1.82, 2.24) is 20.4 Å². The third kappa shape index (κ3) is 5.21. The lowest BCUT2D eigenvalue weighted by molar-refractivity contribution is -0.119. The summed E-state index contributed by atoms with van der Waals surface area (Å²) in [5.74, 6) is 0.0571. The number of benzene rings is 1. The fraction of sp³-hybridized carbons (Fsp3) is 0.593. The Morgan fingerprint density at radius 1 is 1.12 bits per heavy atom. The average Bonchev–Trinajstić information content (AvgIpc) is 3.73. The molecular weight excluding hydrogens is 582 g/mol. The number of amides is 1. The summed E-state index contributed by atoms with van der Waals surface area (Å²) in [6.45, 7) is 1.41. The molecule has 4 saturated heterocycles. The third-order valence-corrected chi connectivity index (χ3v) is 10.9. The standard InChI is InChI=1S/C27H29F4N5O3S2/c28-21-18(12-14-4-6-19(21)36(14)13-8-10-38-11-9-13)32-16-3-1-2-15-22(16)40-24(23(15)41-27(29,30)31)25-34-26(39-35-25)17-5-7-20(37)33-17/h1-3,13-14,17-19,21,32H,4-12H2,(H,33,37)/t14-,17-,18-,19+,21-/m1/s1. The van der Waals surface area contributed by atoms with Crippen LogP contribution < -0.4 is 10.6 Å². The predicted molar refractivity (Wildman–Crippen MR) is 147 cm³/mol. The van der Waals surface area contributed by atoms with Crippen molar-refractivity contribution < 1.29 is 31.6 Å². The predicted octanol–water partition coefficient (Wildman–Crippen LogP) is 6.05. The molecule has 2 aromatic heterocycles. The van der Waals surface area contributed by atoms with E-state index in [2.05, 4.69) is 25.7 Å². The summed E-state index contributed by atoms with van der Waals surface area (Å²) >= 11 is 0.911. The number of fused-ring (bicyclic) bond motifs is 3. The fourth-order valence-electron chi connectivity index (χ4n) is 6.92. The van der Waals surface area contributed by atoms with Gasteiger partial charge in [-0.3, -0.25) is 9.69 Å². The molecule has 0 aliphatic carbocycles. The number of carbonyl (C=O) groups excluding carboxylic acids is 1. The molecule has 8 nitrogen and oxygen atoms in total. The molecule has 2 N–H and O–H groups in total. The minimum absolute atomic E-state index is 0.0184. The molecule has 0 saturated carbocycles. The van der Waals surface area contributed by atoms with E-state index < -0.39 is 23.8 Å². The summed E-state index contributed by atoms with van der Waals surface area (Å²) in [4.78, 5) is 18.6. The van der Waals surface area contributed by atoms with E-state index in [1.54, 1.807) is 18.2 Å². The number of carbonyl (C=O) groups is 1. The zero-order valence-electron chi connectivity index (χ0n) is 22.0. The van der Waals surface area contributed by atoms with Gasteiger partial charge >= 0.3 is 5.51 Å². The molecule has 1 amide bonds. The number of alkyl halides is 4. The van der Waals surface area contributed by atoms with Gasteiger partial charge in [0.1, 0.15) is 12.2 Å². The third-order valence-electron chi connectivity index (χ3n) is 8.66. The summed E-state index contributed by atoms with van der Waals surface area (Å²) in [5, 5.41) is 10.5. The number of thioether (sulfide) groups is 1. The van der Waals surface area contributed by atoms with Crippen molar-refractivity contribution in [3.8, 4) is 10.7 Å². The highest BCUT2D eigenvalue weighted by molar-refractivity contribution is 8.00. The van der Waals surface area contributed by atoms with E-state index in [1.807, 2.05) is 0 Å². The molecule has 0 unspecified atom stereocenters. The maximum Gasteiger partial charge on any atom is 0.446 e. The van der Waals surface area contributed by atoms with Crippen LogP contribution >= 0.6 is 23.1 Å². The lowest BCUT2D eigenvalue weighted by atomic mass is 9.91. The van der Waals surface area contributed by atoms with E-state index in [9.17, 15) is 18.0 Å². The van der Waals surface area contributed by atoms with Gasteiger partial charge < -0.3 is 19.9 Å². The molecule has 41 heavy (non-hydrogen) atoms. The minimum Gasteiger partial charge on any atom is -0.381 e. The number of hydrogen-bond acceptors (Lipinski definition) is 9. The molecular formula is C27H29F4N5O3S2. The first-order valence-electron chi connectivity index (χ1n) is 14.0. The van der Waals surface area contributed by atoms with Gasteiger partial charge in [-0.05, 0) is 56.4 Å². The van der Waals surface area contributed by atoms with Crippen LogP contribution in [0.25, 0.3) is 20.8 Å². The monoisotopic (exact) mass is 611 g/mol. The SMILES string of the molecule is O=C1CC[C@H](c2nc(-c3sc4c(N[C@@H]5C[C@H]6CC[C@@H]([C@@H]5F)N6C5CCOCC5)cccc4c3SC(F)(F)F)no2)N1. The lowest BCUT2D eigenvalue weighted by Crippen LogP contribution is -2.58. The number of aromatic nitrogens is 2. The summed E-state index contributed by atoms with van der Waals surface area (Å²) in [6, 6.07) is 4.66. The smallest absolute Gasteiger partial charge is 0.381 e. The molecule has 4 aliphatic heterocycles. The van der Waals surface area contributed by atoms with Gasteiger partial charge in [-0.2, -0.15) is 18.2 Å². The highest BCUT2D eigenvalue weighted by atomic mass is 32.2. The molecule has 4 aliphatic rings. The van der Waals surface area contributed by atoms with Crippen molar-refractivity contribution in [2.24, 2.45) is 0 Å². The maximum absolute atomic E-state index is 16.0. The Hall–Kier alpha value is -2.42. The number of halogens is 4. The van der Waals surface area contributed by atoms with Crippen molar-refractivity contribution in [2.45, 2.75) is 91.7 Å².